The molecule has 0 aromatic rings. The number of carbonyl (C=O) groups is 2. The van der Waals surface area contributed by atoms with Crippen LogP contribution in [0, 0.1) is 0 Å². The van der Waals surface area contributed by atoms with Gasteiger partial charge in [0.25, 0.3) is 0 Å². The van der Waals surface area contributed by atoms with E-state index >= 15 is 0 Å². The van der Waals surface area contributed by atoms with Gasteiger partial charge in [0.1, 0.15) is 0 Å². The second-order valence-corrected chi connectivity index (χ2v) is 5.19. The molecule has 110 valence electrons. The summed E-state index contributed by atoms with van der Waals surface area (Å²) in [4.78, 5) is 27.4. The molecular formula is C13H24ClN3O2. The van der Waals surface area contributed by atoms with Crippen LogP contribution in [-0.2, 0) is 9.59 Å². The van der Waals surface area contributed by atoms with Crippen molar-refractivity contribution in [1.82, 2.24) is 15.1 Å². The highest BCUT2D eigenvalue weighted by Crippen LogP contribution is 2.12. The third-order valence-electron chi connectivity index (χ3n) is 3.86. The standard InChI is InChI=1S/C13H23N3O2.ClH/c1-11(17)15-7-4-8-16(10-9-15)13(18)12-5-2-3-6-14-12;/h12,14H,2-10H2,1H3;1H/t12-;/m1./s1. The van der Waals surface area contributed by atoms with Crippen LogP contribution in [0.3, 0.4) is 0 Å². The molecule has 19 heavy (non-hydrogen) atoms. The van der Waals surface area contributed by atoms with Crippen molar-refractivity contribution in [2.24, 2.45) is 0 Å². The fourth-order valence-corrected chi connectivity index (χ4v) is 2.74. The van der Waals surface area contributed by atoms with Crippen molar-refractivity contribution in [3.63, 3.8) is 0 Å². The number of nitrogens with one attached hydrogen (secondary N) is 1. The Balaban J connectivity index is 0.00000180. The highest BCUT2D eigenvalue weighted by molar-refractivity contribution is 5.85. The molecule has 6 heteroatoms. The van der Waals surface area contributed by atoms with Crippen LogP contribution < -0.4 is 5.32 Å². The molecule has 0 aromatic carbocycles. The Morgan fingerprint density at radius 3 is 2.32 bits per heavy atom. The van der Waals surface area contributed by atoms with E-state index in [1.165, 1.54) is 6.42 Å². The SMILES string of the molecule is CC(=O)N1CCCN(C(=O)[C@H]2CCCCN2)CC1.Cl. The smallest absolute Gasteiger partial charge is 0.239 e. The Morgan fingerprint density at radius 2 is 1.68 bits per heavy atom. The summed E-state index contributed by atoms with van der Waals surface area (Å²) in [6, 6.07) is 0.00243. The number of hydrogen-bond donors (Lipinski definition) is 1. The van der Waals surface area contributed by atoms with Crippen molar-refractivity contribution < 1.29 is 9.59 Å². The van der Waals surface area contributed by atoms with E-state index in [9.17, 15) is 9.59 Å². The van der Waals surface area contributed by atoms with E-state index in [-0.39, 0.29) is 30.3 Å². The summed E-state index contributed by atoms with van der Waals surface area (Å²) in [6.45, 7) is 5.45. The maximum Gasteiger partial charge on any atom is 0.239 e. The molecular weight excluding hydrogens is 266 g/mol. The number of amides is 2. The van der Waals surface area contributed by atoms with E-state index in [0.717, 1.165) is 38.9 Å². The summed E-state index contributed by atoms with van der Waals surface area (Å²) in [7, 11) is 0. The predicted octanol–water partition coefficient (Wildman–Crippen LogP) is 0.631. The van der Waals surface area contributed by atoms with Gasteiger partial charge in [-0.05, 0) is 25.8 Å². The van der Waals surface area contributed by atoms with Gasteiger partial charge in [-0.3, -0.25) is 9.59 Å². The third kappa shape index (κ3) is 4.35. The zero-order chi connectivity index (χ0) is 13.0. The molecule has 2 amide bonds. The predicted molar refractivity (Wildman–Crippen MR) is 76.3 cm³/mol. The summed E-state index contributed by atoms with van der Waals surface area (Å²) in [5, 5.41) is 3.30. The maximum atomic E-state index is 12.3. The molecule has 5 nitrogen and oxygen atoms in total. The van der Waals surface area contributed by atoms with Crippen LogP contribution in [0.1, 0.15) is 32.6 Å². The number of piperidine rings is 1. The first-order valence-electron chi connectivity index (χ1n) is 6.96. The molecule has 2 aliphatic heterocycles. The molecule has 0 bridgehead atoms. The first-order valence-corrected chi connectivity index (χ1v) is 6.96. The highest BCUT2D eigenvalue weighted by Gasteiger charge is 2.27. The third-order valence-corrected chi connectivity index (χ3v) is 3.86. The molecule has 0 aromatic heterocycles. The molecule has 2 fully saturated rings. The van der Waals surface area contributed by atoms with E-state index in [0.29, 0.717) is 13.1 Å². The molecule has 0 aliphatic carbocycles. The fourth-order valence-electron chi connectivity index (χ4n) is 2.74. The molecule has 0 spiro atoms. The largest absolute Gasteiger partial charge is 0.341 e. The second kappa shape index (κ2) is 7.70. The Morgan fingerprint density at radius 1 is 1.00 bits per heavy atom. The Hall–Kier alpha value is -0.810. The molecule has 1 N–H and O–H groups in total. The van der Waals surface area contributed by atoms with Gasteiger partial charge in [0.05, 0.1) is 6.04 Å². The summed E-state index contributed by atoms with van der Waals surface area (Å²) in [6.07, 6.45) is 4.14. The van der Waals surface area contributed by atoms with Crippen LogP contribution >= 0.6 is 12.4 Å². The van der Waals surface area contributed by atoms with Crippen molar-refractivity contribution >= 4 is 24.2 Å². The minimum absolute atomic E-state index is 0. The number of hydrogen-bond acceptors (Lipinski definition) is 3. The van der Waals surface area contributed by atoms with E-state index < -0.39 is 0 Å². The number of nitrogens with zero attached hydrogens (tertiary/aromatic N) is 2. The Kier molecular flexibility index (Phi) is 6.58. The number of carbonyl (C=O) groups excluding carboxylic acids is 2. The highest BCUT2D eigenvalue weighted by atomic mass is 35.5. The van der Waals surface area contributed by atoms with Gasteiger partial charge >= 0.3 is 0 Å². The van der Waals surface area contributed by atoms with Gasteiger partial charge in [0.2, 0.25) is 11.8 Å². The van der Waals surface area contributed by atoms with Crippen molar-refractivity contribution in [2.75, 3.05) is 32.7 Å². The number of halogens is 1. The van der Waals surface area contributed by atoms with E-state index in [1.54, 1.807) is 6.92 Å². The lowest BCUT2D eigenvalue weighted by molar-refractivity contribution is -0.134. The zero-order valence-corrected chi connectivity index (χ0v) is 12.4. The lowest BCUT2D eigenvalue weighted by Gasteiger charge is -2.29. The van der Waals surface area contributed by atoms with Gasteiger partial charge in [-0.1, -0.05) is 6.42 Å². The van der Waals surface area contributed by atoms with Gasteiger partial charge in [-0.15, -0.1) is 12.4 Å². The van der Waals surface area contributed by atoms with Crippen LogP contribution in [-0.4, -0.2) is 60.4 Å². The van der Waals surface area contributed by atoms with E-state index in [1.807, 2.05) is 9.80 Å². The fraction of sp³-hybridized carbons (Fsp3) is 0.846. The molecule has 2 heterocycles. The van der Waals surface area contributed by atoms with Crippen molar-refractivity contribution in [1.29, 1.82) is 0 Å². The van der Waals surface area contributed by atoms with Crippen molar-refractivity contribution in [2.45, 2.75) is 38.6 Å². The molecule has 2 aliphatic rings. The van der Waals surface area contributed by atoms with Crippen LogP contribution in [0.5, 0.6) is 0 Å². The normalized spacial score (nSPS) is 24.4. The van der Waals surface area contributed by atoms with Gasteiger partial charge in [0.15, 0.2) is 0 Å². The lowest BCUT2D eigenvalue weighted by Crippen LogP contribution is -2.49. The number of rotatable bonds is 1. The summed E-state index contributed by atoms with van der Waals surface area (Å²) >= 11 is 0. The molecule has 0 unspecified atom stereocenters. The average molecular weight is 290 g/mol. The summed E-state index contributed by atoms with van der Waals surface area (Å²) in [5.74, 6) is 0.334. The molecule has 1 atom stereocenters. The first-order chi connectivity index (χ1) is 8.68. The van der Waals surface area contributed by atoms with Crippen LogP contribution in [0.4, 0.5) is 0 Å². The molecule has 0 radical (unpaired) electrons. The quantitative estimate of drug-likeness (QED) is 0.770. The van der Waals surface area contributed by atoms with Gasteiger partial charge in [-0.2, -0.15) is 0 Å². The average Bonchev–Trinajstić information content (AvgIpc) is 2.64. The van der Waals surface area contributed by atoms with Gasteiger partial charge < -0.3 is 15.1 Å². The van der Waals surface area contributed by atoms with Crippen LogP contribution in [0.25, 0.3) is 0 Å². The van der Waals surface area contributed by atoms with Crippen molar-refractivity contribution in [3.8, 4) is 0 Å². The maximum absolute atomic E-state index is 12.3. The van der Waals surface area contributed by atoms with Crippen LogP contribution in [0.2, 0.25) is 0 Å². The molecule has 0 saturated carbocycles. The monoisotopic (exact) mass is 289 g/mol. The van der Waals surface area contributed by atoms with Crippen LogP contribution in [0.15, 0.2) is 0 Å². The first kappa shape index (κ1) is 16.2. The van der Waals surface area contributed by atoms with E-state index in [2.05, 4.69) is 5.32 Å². The van der Waals surface area contributed by atoms with Gasteiger partial charge in [-0.25, -0.2) is 0 Å². The molecule has 2 rings (SSSR count). The zero-order valence-electron chi connectivity index (χ0n) is 11.6. The summed E-state index contributed by atoms with van der Waals surface area (Å²) in [5.41, 5.74) is 0. The minimum atomic E-state index is 0. The van der Waals surface area contributed by atoms with Gasteiger partial charge in [0, 0.05) is 33.1 Å². The van der Waals surface area contributed by atoms with E-state index in [4.69, 9.17) is 0 Å². The second-order valence-electron chi connectivity index (χ2n) is 5.19. The topological polar surface area (TPSA) is 52.7 Å². The molecule has 2 saturated heterocycles. The Labute approximate surface area is 121 Å². The minimum Gasteiger partial charge on any atom is -0.341 e. The van der Waals surface area contributed by atoms with Crippen molar-refractivity contribution in [3.05, 3.63) is 0 Å². The summed E-state index contributed by atoms with van der Waals surface area (Å²) < 4.78 is 0. The lowest BCUT2D eigenvalue weighted by atomic mass is 10.0. The Bertz CT molecular complexity index is 319.